The summed E-state index contributed by atoms with van der Waals surface area (Å²) in [5, 5.41) is 13.6. The number of ether oxygens (including phenoxy) is 1. The van der Waals surface area contributed by atoms with Crippen molar-refractivity contribution in [3.8, 4) is 0 Å². The summed E-state index contributed by atoms with van der Waals surface area (Å²) in [6.45, 7) is 5.54. The van der Waals surface area contributed by atoms with E-state index in [1.54, 1.807) is 0 Å². The van der Waals surface area contributed by atoms with Crippen molar-refractivity contribution in [3.05, 3.63) is 39.7 Å². The van der Waals surface area contributed by atoms with Crippen molar-refractivity contribution < 1.29 is 14.1 Å². The average molecular weight is 256 g/mol. The highest BCUT2D eigenvalue weighted by Gasteiger charge is 2.13. The molecule has 0 atom stereocenters. The van der Waals surface area contributed by atoms with E-state index in [9.17, 15) is 14.5 Å². The van der Waals surface area contributed by atoms with Crippen LogP contribution in [0.5, 0.6) is 0 Å². The van der Waals surface area contributed by atoms with Crippen molar-refractivity contribution in [2.24, 2.45) is 0 Å². The van der Waals surface area contributed by atoms with Gasteiger partial charge in [0.25, 0.3) is 0 Å². The molecule has 6 heteroatoms. The van der Waals surface area contributed by atoms with Gasteiger partial charge in [-0.05, 0) is 17.7 Å². The van der Waals surface area contributed by atoms with Gasteiger partial charge in [-0.15, -0.1) is 0 Å². The molecule has 1 aromatic carbocycles. The van der Waals surface area contributed by atoms with Gasteiger partial charge in [0.15, 0.2) is 0 Å². The number of nitrogens with zero attached hydrogens (tertiary/aromatic N) is 1. The van der Waals surface area contributed by atoms with Crippen LogP contribution < -0.4 is 5.32 Å². The van der Waals surface area contributed by atoms with Gasteiger partial charge in [0, 0.05) is 18.7 Å². The van der Waals surface area contributed by atoms with Crippen LogP contribution in [0, 0.1) is 15.9 Å². The topological polar surface area (TPSA) is 64.4 Å². The van der Waals surface area contributed by atoms with Gasteiger partial charge in [-0.25, -0.2) is 0 Å². The largest absolute Gasteiger partial charge is 0.375 e. The molecule has 0 aliphatic carbocycles. The molecular weight excluding hydrogens is 239 g/mol. The SMILES string of the molecule is CC(C)NCCOCc1ccc([N+](=O)[O-])c(F)c1. The standard InChI is InChI=1S/C12H17FN2O3/c1-9(2)14-5-6-18-8-10-3-4-12(15(16)17)11(13)7-10/h3-4,7,9,14H,5-6,8H2,1-2H3. The quantitative estimate of drug-likeness (QED) is 0.461. The molecule has 0 amide bonds. The third-order valence-corrected chi connectivity index (χ3v) is 2.28. The number of nitrogens with one attached hydrogen (secondary N) is 1. The highest BCUT2D eigenvalue weighted by Crippen LogP contribution is 2.18. The first-order valence-electron chi connectivity index (χ1n) is 5.74. The fourth-order valence-corrected chi connectivity index (χ4v) is 1.40. The van der Waals surface area contributed by atoms with Crippen molar-refractivity contribution in [2.75, 3.05) is 13.2 Å². The molecule has 0 aliphatic rings. The smallest absolute Gasteiger partial charge is 0.304 e. The van der Waals surface area contributed by atoms with Crippen LogP contribution in [-0.2, 0) is 11.3 Å². The predicted octanol–water partition coefficient (Wildman–Crippen LogP) is 2.25. The summed E-state index contributed by atoms with van der Waals surface area (Å²) in [7, 11) is 0. The lowest BCUT2D eigenvalue weighted by molar-refractivity contribution is -0.387. The van der Waals surface area contributed by atoms with E-state index in [4.69, 9.17) is 4.74 Å². The number of benzene rings is 1. The first-order chi connectivity index (χ1) is 8.50. The number of halogens is 1. The van der Waals surface area contributed by atoms with Crippen LogP contribution in [-0.4, -0.2) is 24.1 Å². The van der Waals surface area contributed by atoms with Crippen LogP contribution in [0.15, 0.2) is 18.2 Å². The Kier molecular flexibility index (Phi) is 5.67. The normalized spacial score (nSPS) is 10.9. The summed E-state index contributed by atoms with van der Waals surface area (Å²) in [5.41, 5.74) is 0.0721. The number of nitro benzene ring substituents is 1. The minimum atomic E-state index is -0.832. The highest BCUT2D eigenvalue weighted by molar-refractivity contribution is 5.34. The van der Waals surface area contributed by atoms with E-state index in [1.807, 2.05) is 13.8 Å². The van der Waals surface area contributed by atoms with E-state index in [1.165, 1.54) is 6.07 Å². The lowest BCUT2D eigenvalue weighted by Gasteiger charge is -2.08. The van der Waals surface area contributed by atoms with Crippen molar-refractivity contribution in [3.63, 3.8) is 0 Å². The van der Waals surface area contributed by atoms with Gasteiger partial charge in [0.05, 0.1) is 18.1 Å². The van der Waals surface area contributed by atoms with E-state index in [-0.39, 0.29) is 6.61 Å². The molecule has 1 aromatic rings. The molecule has 0 radical (unpaired) electrons. The van der Waals surface area contributed by atoms with Gasteiger partial charge in [0.1, 0.15) is 0 Å². The van der Waals surface area contributed by atoms with Gasteiger partial charge in [-0.3, -0.25) is 10.1 Å². The summed E-state index contributed by atoms with van der Waals surface area (Å²) in [6, 6.07) is 4.18. The van der Waals surface area contributed by atoms with Crippen LogP contribution >= 0.6 is 0 Å². The lowest BCUT2D eigenvalue weighted by atomic mass is 10.2. The zero-order valence-electron chi connectivity index (χ0n) is 10.5. The Bertz CT molecular complexity index is 410. The maximum atomic E-state index is 13.3. The van der Waals surface area contributed by atoms with E-state index in [0.717, 1.165) is 12.1 Å². The molecule has 0 unspecified atom stereocenters. The Balaban J connectivity index is 2.39. The molecule has 1 N–H and O–H groups in total. The maximum Gasteiger partial charge on any atom is 0.304 e. The first-order valence-corrected chi connectivity index (χ1v) is 5.74. The molecule has 18 heavy (non-hydrogen) atoms. The number of hydrogen-bond donors (Lipinski definition) is 1. The summed E-state index contributed by atoms with van der Waals surface area (Å²) in [4.78, 5) is 9.68. The monoisotopic (exact) mass is 256 g/mol. The lowest BCUT2D eigenvalue weighted by Crippen LogP contribution is -2.26. The Morgan fingerprint density at radius 1 is 1.50 bits per heavy atom. The Morgan fingerprint density at radius 3 is 2.78 bits per heavy atom. The maximum absolute atomic E-state index is 13.3. The second-order valence-corrected chi connectivity index (χ2v) is 4.20. The summed E-state index contributed by atoms with van der Waals surface area (Å²) in [5.74, 6) is -0.832. The van der Waals surface area contributed by atoms with Crippen LogP contribution in [0.2, 0.25) is 0 Å². The summed E-state index contributed by atoms with van der Waals surface area (Å²) < 4.78 is 18.6. The second kappa shape index (κ2) is 7.03. The molecule has 5 nitrogen and oxygen atoms in total. The number of rotatable bonds is 7. The van der Waals surface area contributed by atoms with E-state index < -0.39 is 16.4 Å². The highest BCUT2D eigenvalue weighted by atomic mass is 19.1. The number of hydrogen-bond acceptors (Lipinski definition) is 4. The van der Waals surface area contributed by atoms with Gasteiger partial charge < -0.3 is 10.1 Å². The average Bonchev–Trinajstić information content (AvgIpc) is 2.27. The van der Waals surface area contributed by atoms with Gasteiger partial charge in [-0.1, -0.05) is 13.8 Å². The molecule has 0 heterocycles. The Morgan fingerprint density at radius 2 is 2.22 bits per heavy atom. The van der Waals surface area contributed by atoms with Crippen molar-refractivity contribution in [1.82, 2.24) is 5.32 Å². The van der Waals surface area contributed by atoms with E-state index in [0.29, 0.717) is 24.8 Å². The van der Waals surface area contributed by atoms with Gasteiger partial charge in [0.2, 0.25) is 5.82 Å². The van der Waals surface area contributed by atoms with Gasteiger partial charge >= 0.3 is 5.69 Å². The fourth-order valence-electron chi connectivity index (χ4n) is 1.40. The summed E-state index contributed by atoms with van der Waals surface area (Å²) >= 11 is 0. The summed E-state index contributed by atoms with van der Waals surface area (Å²) in [6.07, 6.45) is 0. The second-order valence-electron chi connectivity index (χ2n) is 4.20. The van der Waals surface area contributed by atoms with Crippen LogP contribution in [0.1, 0.15) is 19.4 Å². The van der Waals surface area contributed by atoms with Crippen LogP contribution in [0.4, 0.5) is 10.1 Å². The molecule has 0 spiro atoms. The molecule has 0 aromatic heterocycles. The van der Waals surface area contributed by atoms with Crippen LogP contribution in [0.3, 0.4) is 0 Å². The molecule has 0 fully saturated rings. The molecular formula is C12H17FN2O3. The van der Waals surface area contributed by atoms with E-state index >= 15 is 0 Å². The molecule has 0 bridgehead atoms. The third-order valence-electron chi connectivity index (χ3n) is 2.28. The van der Waals surface area contributed by atoms with Crippen LogP contribution in [0.25, 0.3) is 0 Å². The van der Waals surface area contributed by atoms with E-state index in [2.05, 4.69) is 5.32 Å². The minimum Gasteiger partial charge on any atom is -0.375 e. The molecule has 0 aliphatic heterocycles. The minimum absolute atomic E-state index is 0.245. The first kappa shape index (κ1) is 14.5. The Labute approximate surface area is 105 Å². The predicted molar refractivity (Wildman–Crippen MR) is 65.8 cm³/mol. The third kappa shape index (κ3) is 4.77. The molecule has 0 saturated carbocycles. The molecule has 100 valence electrons. The van der Waals surface area contributed by atoms with Gasteiger partial charge in [-0.2, -0.15) is 4.39 Å². The van der Waals surface area contributed by atoms with Crippen molar-refractivity contribution in [1.29, 1.82) is 0 Å². The fraction of sp³-hybridized carbons (Fsp3) is 0.500. The molecule has 1 rings (SSSR count). The zero-order valence-corrected chi connectivity index (χ0v) is 10.5. The zero-order chi connectivity index (χ0) is 13.5. The number of nitro groups is 1. The van der Waals surface area contributed by atoms with Crippen molar-refractivity contribution >= 4 is 5.69 Å². The Hall–Kier alpha value is -1.53. The van der Waals surface area contributed by atoms with Crippen molar-refractivity contribution in [2.45, 2.75) is 26.5 Å². The molecule has 0 saturated heterocycles.